The number of nitrogens with two attached hydrogens (primary N) is 2. The lowest BCUT2D eigenvalue weighted by atomic mass is 9.38. The van der Waals surface area contributed by atoms with Crippen molar-refractivity contribution in [2.45, 2.75) is 31.2 Å². The maximum absolute atomic E-state index is 10.9. The highest BCUT2D eigenvalue weighted by atomic mass is 16.3. The molecule has 0 unspecified atom stereocenters. The van der Waals surface area contributed by atoms with Crippen molar-refractivity contribution >= 4 is 17.5 Å². The first kappa shape index (κ1) is 17.5. The van der Waals surface area contributed by atoms with Crippen LogP contribution in [0, 0.1) is 10.8 Å². The number of hydrogen-bond acceptors (Lipinski definition) is 6. The van der Waals surface area contributed by atoms with Gasteiger partial charge in [0.25, 0.3) is 0 Å². The van der Waals surface area contributed by atoms with Crippen LogP contribution in [0.3, 0.4) is 0 Å². The van der Waals surface area contributed by atoms with Crippen LogP contribution in [0.1, 0.15) is 31.2 Å². The number of amidine groups is 1. The number of phenolic OH excluding ortho intramolecular Hbond substituents is 1. The Morgan fingerprint density at radius 1 is 1.33 bits per heavy atom. The summed E-state index contributed by atoms with van der Waals surface area (Å²) in [5, 5.41) is 21.6. The molecule has 1 aromatic carbocycles. The Kier molecular flexibility index (Phi) is 3.92. The highest BCUT2D eigenvalue weighted by molar-refractivity contribution is 6.14. The largest absolute Gasteiger partial charge is 0.507 e. The van der Waals surface area contributed by atoms with Gasteiger partial charge in [-0.15, -0.1) is 0 Å². The summed E-state index contributed by atoms with van der Waals surface area (Å²) < 4.78 is 0. The van der Waals surface area contributed by atoms with Gasteiger partial charge >= 0.3 is 0 Å². The zero-order chi connectivity index (χ0) is 19.2. The topological polar surface area (TPSA) is 138 Å². The van der Waals surface area contributed by atoms with Crippen LogP contribution in [0.2, 0.25) is 0 Å². The van der Waals surface area contributed by atoms with E-state index in [1.807, 2.05) is 6.08 Å². The quantitative estimate of drug-likeness (QED) is 0.465. The van der Waals surface area contributed by atoms with E-state index in [1.165, 1.54) is 0 Å². The molecule has 0 radical (unpaired) electrons. The first-order valence-electron chi connectivity index (χ1n) is 9.01. The van der Waals surface area contributed by atoms with Crippen molar-refractivity contribution in [3.63, 3.8) is 0 Å². The number of rotatable bonds is 7. The third kappa shape index (κ3) is 2.94. The number of benzene rings is 1. The van der Waals surface area contributed by atoms with E-state index >= 15 is 0 Å². The van der Waals surface area contributed by atoms with E-state index in [1.54, 1.807) is 30.3 Å². The summed E-state index contributed by atoms with van der Waals surface area (Å²) in [6.45, 7) is 0.610. The van der Waals surface area contributed by atoms with E-state index in [2.05, 4.69) is 10.3 Å². The standard InChI is InChI=1S/C20H23N5O2/c21-14(13-3-1-2-4-15(13)26)7-12-8-16(25-18(12)23)19-9-20(10-19,11-19)24-6-5-17(22)27/h1-4,7-8,21,24,26H,5-6,9-11H2,(H2,22,27)(H2,23,25)/b12-7-,21-14?. The van der Waals surface area contributed by atoms with Gasteiger partial charge in [0.2, 0.25) is 5.91 Å². The van der Waals surface area contributed by atoms with Gasteiger partial charge in [0, 0.05) is 40.8 Å². The number of phenols is 1. The monoisotopic (exact) mass is 365 g/mol. The van der Waals surface area contributed by atoms with Crippen LogP contribution in [0.15, 0.2) is 52.7 Å². The van der Waals surface area contributed by atoms with Crippen LogP contribution in [-0.2, 0) is 4.79 Å². The van der Waals surface area contributed by atoms with Gasteiger partial charge in [-0.25, -0.2) is 4.99 Å². The summed E-state index contributed by atoms with van der Waals surface area (Å²) in [4.78, 5) is 15.4. The average Bonchev–Trinajstić information content (AvgIpc) is 2.89. The van der Waals surface area contributed by atoms with Crippen LogP contribution in [0.25, 0.3) is 0 Å². The molecular formula is C20H23N5O2. The molecule has 5 rings (SSSR count). The number of aliphatic imine (C=N–C) groups is 1. The minimum atomic E-state index is -0.290. The molecule has 7 nitrogen and oxygen atoms in total. The number of allylic oxidation sites excluding steroid dienone is 2. The smallest absolute Gasteiger partial charge is 0.218 e. The number of carbonyl (C=O) groups excluding carboxylic acids is 1. The molecule has 3 fully saturated rings. The Balaban J connectivity index is 1.43. The van der Waals surface area contributed by atoms with Gasteiger partial charge in [0.15, 0.2) is 0 Å². The molecule has 2 bridgehead atoms. The number of nitrogens with zero attached hydrogens (tertiary/aromatic N) is 1. The Morgan fingerprint density at radius 2 is 2.04 bits per heavy atom. The number of aromatic hydroxyl groups is 1. The minimum Gasteiger partial charge on any atom is -0.507 e. The molecule has 1 aromatic rings. The van der Waals surface area contributed by atoms with E-state index in [0.29, 0.717) is 29.9 Å². The summed E-state index contributed by atoms with van der Waals surface area (Å²) >= 11 is 0. The average molecular weight is 365 g/mol. The van der Waals surface area contributed by atoms with Crippen molar-refractivity contribution in [2.24, 2.45) is 21.9 Å². The zero-order valence-electron chi connectivity index (χ0n) is 15.0. The van der Waals surface area contributed by atoms with Crippen LogP contribution >= 0.6 is 0 Å². The van der Waals surface area contributed by atoms with Crippen LogP contribution in [0.5, 0.6) is 5.75 Å². The molecule has 0 saturated heterocycles. The third-order valence-electron chi connectivity index (χ3n) is 5.77. The number of carbonyl (C=O) groups is 1. The molecule has 27 heavy (non-hydrogen) atoms. The molecule has 140 valence electrons. The Morgan fingerprint density at radius 3 is 2.70 bits per heavy atom. The SMILES string of the molecule is N=C(/C=C1/C=C(C23CC(NCCC(N)=O)(C2)C3)N=C1N)c1ccccc1O. The van der Waals surface area contributed by atoms with Crippen molar-refractivity contribution in [3.8, 4) is 5.75 Å². The third-order valence-corrected chi connectivity index (χ3v) is 5.77. The van der Waals surface area contributed by atoms with Crippen molar-refractivity contribution in [1.29, 1.82) is 5.41 Å². The van der Waals surface area contributed by atoms with Crippen molar-refractivity contribution < 1.29 is 9.90 Å². The van der Waals surface area contributed by atoms with E-state index < -0.39 is 0 Å². The molecule has 4 aliphatic rings. The molecule has 0 atom stereocenters. The fourth-order valence-corrected chi connectivity index (χ4v) is 4.47. The molecule has 7 N–H and O–H groups in total. The molecule has 1 amide bonds. The summed E-state index contributed by atoms with van der Waals surface area (Å²) in [6.07, 6.45) is 6.89. The first-order valence-corrected chi connectivity index (χ1v) is 9.01. The highest BCUT2D eigenvalue weighted by Crippen LogP contribution is 2.71. The van der Waals surface area contributed by atoms with E-state index in [0.717, 1.165) is 25.0 Å². The predicted molar refractivity (Wildman–Crippen MR) is 104 cm³/mol. The molecule has 0 aromatic heterocycles. The molecule has 3 aliphatic carbocycles. The highest BCUT2D eigenvalue weighted by Gasteiger charge is 2.69. The van der Waals surface area contributed by atoms with Gasteiger partial charge in [0.05, 0.1) is 5.71 Å². The predicted octanol–water partition coefficient (Wildman–Crippen LogP) is 1.33. The lowest BCUT2D eigenvalue weighted by molar-refractivity contribution is -0.128. The second-order valence-corrected chi connectivity index (χ2v) is 7.79. The number of hydrogen-bond donors (Lipinski definition) is 5. The minimum absolute atomic E-state index is 0.0526. The molecule has 1 heterocycles. The Labute approximate surface area is 157 Å². The van der Waals surface area contributed by atoms with Crippen LogP contribution < -0.4 is 16.8 Å². The van der Waals surface area contributed by atoms with Gasteiger partial charge in [-0.3, -0.25) is 4.79 Å². The summed E-state index contributed by atoms with van der Waals surface area (Å²) in [7, 11) is 0. The van der Waals surface area contributed by atoms with Gasteiger partial charge in [-0.2, -0.15) is 0 Å². The fraction of sp³-hybridized carbons (Fsp3) is 0.350. The van der Waals surface area contributed by atoms with Gasteiger partial charge < -0.3 is 27.3 Å². The van der Waals surface area contributed by atoms with Gasteiger partial charge in [-0.1, -0.05) is 12.1 Å². The number of primary amides is 1. The second kappa shape index (κ2) is 6.06. The molecular weight excluding hydrogens is 342 g/mol. The maximum Gasteiger partial charge on any atom is 0.218 e. The lowest BCUT2D eigenvalue weighted by Crippen LogP contribution is -2.74. The van der Waals surface area contributed by atoms with E-state index in [-0.39, 0.29) is 28.3 Å². The number of para-hydroxylation sites is 1. The zero-order valence-corrected chi connectivity index (χ0v) is 15.0. The second-order valence-electron chi connectivity index (χ2n) is 7.79. The van der Waals surface area contributed by atoms with Crippen molar-refractivity contribution in [1.82, 2.24) is 5.32 Å². The van der Waals surface area contributed by atoms with Crippen LogP contribution in [0.4, 0.5) is 0 Å². The van der Waals surface area contributed by atoms with Gasteiger partial charge in [0.1, 0.15) is 11.6 Å². The van der Waals surface area contributed by atoms with Gasteiger partial charge in [-0.05, 0) is 43.5 Å². The van der Waals surface area contributed by atoms with Crippen molar-refractivity contribution in [2.75, 3.05) is 6.54 Å². The van der Waals surface area contributed by atoms with E-state index in [9.17, 15) is 9.90 Å². The first-order chi connectivity index (χ1) is 12.8. The fourth-order valence-electron chi connectivity index (χ4n) is 4.47. The lowest BCUT2D eigenvalue weighted by Gasteiger charge is -2.71. The summed E-state index contributed by atoms with van der Waals surface area (Å²) in [6, 6.07) is 6.76. The number of amides is 1. The molecule has 7 heteroatoms. The van der Waals surface area contributed by atoms with E-state index in [4.69, 9.17) is 16.9 Å². The molecule has 0 spiro atoms. The Bertz CT molecular complexity index is 908. The van der Waals surface area contributed by atoms with Crippen molar-refractivity contribution in [3.05, 3.63) is 53.3 Å². The van der Waals surface area contributed by atoms with Crippen LogP contribution in [-0.4, -0.2) is 34.6 Å². The normalized spacial score (nSPS) is 29.6. The molecule has 1 aliphatic heterocycles. The summed E-state index contributed by atoms with van der Waals surface area (Å²) in [5.74, 6) is 0.187. The Hall–Kier alpha value is -2.93. The summed E-state index contributed by atoms with van der Waals surface area (Å²) in [5.41, 5.74) is 13.7. The number of nitrogens with one attached hydrogen (secondary N) is 2. The maximum atomic E-state index is 10.9. The molecule has 3 saturated carbocycles.